The molecular weight excluding hydrogens is 314 g/mol. The maximum Gasteiger partial charge on any atom is 0.244 e. The monoisotopic (exact) mass is 339 g/mol. The fourth-order valence-electron chi connectivity index (χ4n) is 2.57. The summed E-state index contributed by atoms with van der Waals surface area (Å²) in [5, 5.41) is 2.93. The van der Waals surface area contributed by atoms with E-state index in [1.54, 1.807) is 6.20 Å². The topological polar surface area (TPSA) is 62.3 Å². The Morgan fingerprint density at radius 3 is 2.36 bits per heavy atom. The highest BCUT2D eigenvalue weighted by atomic mass is 16.2. The highest BCUT2D eigenvalue weighted by Gasteiger charge is 2.20. The second kappa shape index (κ2) is 7.92. The number of para-hydroxylation sites is 1. The minimum Gasteiger partial charge on any atom is -0.328 e. The molecular formula is C20H25N3O2. The maximum absolute atomic E-state index is 12.5. The molecule has 0 atom stereocenters. The molecule has 0 unspecified atom stereocenters. The minimum absolute atomic E-state index is 0.00954. The lowest BCUT2D eigenvalue weighted by molar-refractivity contribution is -0.133. The summed E-state index contributed by atoms with van der Waals surface area (Å²) in [5.41, 5.74) is 2.50. The fourth-order valence-corrected chi connectivity index (χ4v) is 2.57. The Morgan fingerprint density at radius 1 is 1.08 bits per heavy atom. The summed E-state index contributed by atoms with van der Waals surface area (Å²) in [7, 11) is 0. The fraction of sp³-hybridized carbons (Fsp3) is 0.350. The highest BCUT2D eigenvalue weighted by molar-refractivity contribution is 5.95. The molecule has 1 aromatic carbocycles. The van der Waals surface area contributed by atoms with Crippen LogP contribution in [0.2, 0.25) is 0 Å². The molecule has 0 radical (unpaired) electrons. The van der Waals surface area contributed by atoms with E-state index in [1.165, 1.54) is 11.8 Å². The molecule has 0 bridgehead atoms. The second-order valence-electron chi connectivity index (χ2n) is 7.04. The largest absolute Gasteiger partial charge is 0.328 e. The number of nitrogens with one attached hydrogen (secondary N) is 1. The minimum atomic E-state index is -0.220. The quantitative estimate of drug-likeness (QED) is 0.908. The molecule has 5 heteroatoms. The van der Waals surface area contributed by atoms with Gasteiger partial charge >= 0.3 is 0 Å². The maximum atomic E-state index is 12.5. The number of pyridine rings is 1. The molecule has 0 aliphatic carbocycles. The Bertz CT molecular complexity index is 736. The van der Waals surface area contributed by atoms with Gasteiger partial charge in [-0.3, -0.25) is 14.6 Å². The van der Waals surface area contributed by atoms with E-state index in [1.807, 2.05) is 42.5 Å². The Morgan fingerprint density at radius 2 is 1.76 bits per heavy atom. The van der Waals surface area contributed by atoms with Crippen LogP contribution >= 0.6 is 0 Å². The van der Waals surface area contributed by atoms with Gasteiger partial charge in [0.25, 0.3) is 0 Å². The van der Waals surface area contributed by atoms with Crippen molar-refractivity contribution in [3.8, 4) is 0 Å². The Kier molecular flexibility index (Phi) is 5.91. The third-order valence-corrected chi connectivity index (χ3v) is 3.87. The number of nitrogens with zero attached hydrogens (tertiary/aromatic N) is 2. The number of hydrogen-bond acceptors (Lipinski definition) is 3. The number of hydrogen-bond donors (Lipinski definition) is 1. The Balaban J connectivity index is 2.09. The van der Waals surface area contributed by atoms with E-state index in [-0.39, 0.29) is 23.8 Å². The Hall–Kier alpha value is -2.69. The molecule has 1 aromatic heterocycles. The number of rotatable bonds is 5. The van der Waals surface area contributed by atoms with Gasteiger partial charge in [0, 0.05) is 18.8 Å². The van der Waals surface area contributed by atoms with Gasteiger partial charge in [-0.1, -0.05) is 45.0 Å². The summed E-state index contributed by atoms with van der Waals surface area (Å²) < 4.78 is 0. The van der Waals surface area contributed by atoms with Gasteiger partial charge in [0.05, 0.1) is 12.2 Å². The van der Waals surface area contributed by atoms with Crippen LogP contribution in [0.25, 0.3) is 0 Å². The van der Waals surface area contributed by atoms with Crippen LogP contribution in [-0.2, 0) is 21.5 Å². The molecule has 2 rings (SSSR count). The zero-order valence-electron chi connectivity index (χ0n) is 15.2. The zero-order valence-corrected chi connectivity index (χ0v) is 15.2. The molecule has 1 N–H and O–H groups in total. The second-order valence-corrected chi connectivity index (χ2v) is 7.04. The van der Waals surface area contributed by atoms with Gasteiger partial charge in [0.1, 0.15) is 6.54 Å². The van der Waals surface area contributed by atoms with Crippen molar-refractivity contribution in [2.45, 2.75) is 39.7 Å². The van der Waals surface area contributed by atoms with Crippen LogP contribution in [0.15, 0.2) is 48.7 Å². The van der Waals surface area contributed by atoms with Crippen molar-refractivity contribution in [3.63, 3.8) is 0 Å². The normalized spacial score (nSPS) is 11.0. The van der Waals surface area contributed by atoms with Crippen LogP contribution in [-0.4, -0.2) is 28.2 Å². The summed E-state index contributed by atoms with van der Waals surface area (Å²) in [6, 6.07) is 13.3. The first kappa shape index (κ1) is 18.6. The molecule has 0 aliphatic rings. The van der Waals surface area contributed by atoms with Crippen molar-refractivity contribution in [1.82, 2.24) is 9.88 Å². The third kappa shape index (κ3) is 5.41. The van der Waals surface area contributed by atoms with Crippen LogP contribution in [0.3, 0.4) is 0 Å². The number of benzene rings is 1. The van der Waals surface area contributed by atoms with Crippen LogP contribution in [0.5, 0.6) is 0 Å². The van der Waals surface area contributed by atoms with E-state index >= 15 is 0 Å². The predicted molar refractivity (Wildman–Crippen MR) is 99.1 cm³/mol. The lowest BCUT2D eigenvalue weighted by Crippen LogP contribution is -2.36. The van der Waals surface area contributed by atoms with E-state index in [4.69, 9.17) is 0 Å². The summed E-state index contributed by atoms with van der Waals surface area (Å²) in [5.74, 6) is -0.382. The van der Waals surface area contributed by atoms with Crippen LogP contribution in [0.1, 0.15) is 39.0 Å². The van der Waals surface area contributed by atoms with Crippen molar-refractivity contribution in [2.24, 2.45) is 0 Å². The molecule has 5 nitrogen and oxygen atoms in total. The molecule has 1 heterocycles. The van der Waals surface area contributed by atoms with E-state index in [0.29, 0.717) is 6.54 Å². The van der Waals surface area contributed by atoms with Gasteiger partial charge in [-0.05, 0) is 29.2 Å². The molecule has 2 amide bonds. The standard InChI is InChI=1S/C20H25N3O2/c1-15(24)23(13-16-9-7-8-12-21-16)14-19(25)22-18-11-6-5-10-17(18)20(2,3)4/h5-12H,13-14H2,1-4H3,(H,22,25). The summed E-state index contributed by atoms with van der Waals surface area (Å²) >= 11 is 0. The summed E-state index contributed by atoms with van der Waals surface area (Å²) in [6.45, 7) is 8.05. The number of amides is 2. The summed E-state index contributed by atoms with van der Waals surface area (Å²) in [6.07, 6.45) is 1.67. The first-order chi connectivity index (χ1) is 11.8. The first-order valence-electron chi connectivity index (χ1n) is 8.32. The molecule has 0 aliphatic heterocycles. The van der Waals surface area contributed by atoms with Gasteiger partial charge in [-0.15, -0.1) is 0 Å². The van der Waals surface area contributed by atoms with Crippen molar-refractivity contribution in [1.29, 1.82) is 0 Å². The van der Waals surface area contributed by atoms with Crippen molar-refractivity contribution < 1.29 is 9.59 Å². The van der Waals surface area contributed by atoms with Crippen molar-refractivity contribution in [3.05, 3.63) is 59.9 Å². The van der Waals surface area contributed by atoms with Gasteiger partial charge in [-0.2, -0.15) is 0 Å². The average molecular weight is 339 g/mol. The van der Waals surface area contributed by atoms with Crippen LogP contribution < -0.4 is 5.32 Å². The molecule has 0 fully saturated rings. The molecule has 2 aromatic rings. The smallest absolute Gasteiger partial charge is 0.244 e. The zero-order chi connectivity index (χ0) is 18.4. The molecule has 0 saturated heterocycles. The van der Waals surface area contributed by atoms with Gasteiger partial charge in [0.15, 0.2) is 0 Å². The number of carbonyl (C=O) groups excluding carboxylic acids is 2. The van der Waals surface area contributed by atoms with E-state index in [2.05, 4.69) is 31.1 Å². The highest BCUT2D eigenvalue weighted by Crippen LogP contribution is 2.29. The molecule has 0 saturated carbocycles. The third-order valence-electron chi connectivity index (χ3n) is 3.87. The van der Waals surface area contributed by atoms with Crippen LogP contribution in [0, 0.1) is 0 Å². The average Bonchev–Trinajstić information content (AvgIpc) is 2.54. The van der Waals surface area contributed by atoms with Crippen molar-refractivity contribution in [2.75, 3.05) is 11.9 Å². The van der Waals surface area contributed by atoms with Crippen LogP contribution in [0.4, 0.5) is 5.69 Å². The van der Waals surface area contributed by atoms with E-state index in [0.717, 1.165) is 16.9 Å². The SMILES string of the molecule is CC(=O)N(CC(=O)Nc1ccccc1C(C)(C)C)Cc1ccccn1. The Labute approximate surface area is 149 Å². The number of anilines is 1. The number of aromatic nitrogens is 1. The number of carbonyl (C=O) groups is 2. The van der Waals surface area contributed by atoms with Gasteiger partial charge < -0.3 is 10.2 Å². The van der Waals surface area contributed by atoms with Gasteiger partial charge in [0.2, 0.25) is 11.8 Å². The predicted octanol–water partition coefficient (Wildman–Crippen LogP) is 3.37. The van der Waals surface area contributed by atoms with E-state index < -0.39 is 0 Å². The molecule has 132 valence electrons. The molecule has 0 spiro atoms. The van der Waals surface area contributed by atoms with Gasteiger partial charge in [-0.25, -0.2) is 0 Å². The summed E-state index contributed by atoms with van der Waals surface area (Å²) in [4.78, 5) is 30.0. The first-order valence-corrected chi connectivity index (χ1v) is 8.32. The lowest BCUT2D eigenvalue weighted by atomic mass is 9.86. The van der Waals surface area contributed by atoms with E-state index in [9.17, 15) is 9.59 Å². The van der Waals surface area contributed by atoms with Crippen molar-refractivity contribution >= 4 is 17.5 Å². The lowest BCUT2D eigenvalue weighted by Gasteiger charge is -2.24. The molecule has 25 heavy (non-hydrogen) atoms.